The zero-order valence-corrected chi connectivity index (χ0v) is 12.5. The average molecular weight is 315 g/mol. The number of rotatable bonds is 5. The van der Waals surface area contributed by atoms with Gasteiger partial charge in [-0.2, -0.15) is 0 Å². The first-order chi connectivity index (χ1) is 11.0. The maximum absolute atomic E-state index is 12.1. The molecule has 2 amide bonds. The molecule has 0 radical (unpaired) electrons. The first-order valence-corrected chi connectivity index (χ1v) is 7.00. The van der Waals surface area contributed by atoms with Gasteiger partial charge in [0.15, 0.2) is 0 Å². The van der Waals surface area contributed by atoms with Gasteiger partial charge >= 0.3 is 6.03 Å². The average Bonchev–Trinajstić information content (AvgIpc) is 2.55. The number of hydrogen-bond acceptors (Lipinski definition) is 4. The van der Waals surface area contributed by atoms with Gasteiger partial charge in [0.25, 0.3) is 5.69 Å². The second-order valence-corrected chi connectivity index (χ2v) is 4.95. The number of aliphatic hydroxyl groups excluding tert-OH is 1. The molecule has 7 heteroatoms. The minimum atomic E-state index is -0.560. The lowest BCUT2D eigenvalue weighted by Crippen LogP contribution is -2.34. The van der Waals surface area contributed by atoms with Crippen molar-refractivity contribution < 1.29 is 14.8 Å². The van der Waals surface area contributed by atoms with Crippen molar-refractivity contribution in [2.75, 3.05) is 11.9 Å². The lowest BCUT2D eigenvalue weighted by molar-refractivity contribution is -0.385. The van der Waals surface area contributed by atoms with Gasteiger partial charge in [-0.05, 0) is 18.6 Å². The van der Waals surface area contributed by atoms with Crippen LogP contribution in [-0.4, -0.2) is 22.7 Å². The van der Waals surface area contributed by atoms with Crippen molar-refractivity contribution in [1.29, 1.82) is 0 Å². The fourth-order valence-corrected chi connectivity index (χ4v) is 2.19. The minimum absolute atomic E-state index is 0.0652. The topological polar surface area (TPSA) is 104 Å². The summed E-state index contributed by atoms with van der Waals surface area (Å²) in [5.41, 5.74) is 1.42. The maximum Gasteiger partial charge on any atom is 0.319 e. The van der Waals surface area contributed by atoms with Crippen LogP contribution in [0.25, 0.3) is 0 Å². The molecular formula is C16H17N3O4. The predicted octanol–water partition coefficient (Wildman–Crippen LogP) is 2.76. The number of urea groups is 1. The predicted molar refractivity (Wildman–Crippen MR) is 86.3 cm³/mol. The van der Waals surface area contributed by atoms with Crippen molar-refractivity contribution in [3.05, 3.63) is 69.8 Å². The van der Waals surface area contributed by atoms with Crippen molar-refractivity contribution in [1.82, 2.24) is 5.32 Å². The molecule has 2 aromatic carbocycles. The van der Waals surface area contributed by atoms with Crippen LogP contribution in [0.15, 0.2) is 48.5 Å². The number of amides is 2. The highest BCUT2D eigenvalue weighted by Crippen LogP contribution is 2.25. The molecule has 0 heterocycles. The number of hydrogen-bond donors (Lipinski definition) is 3. The molecule has 1 atom stereocenters. The summed E-state index contributed by atoms with van der Waals surface area (Å²) in [6.45, 7) is 1.31. The fraction of sp³-hybridized carbons (Fsp3) is 0.188. The molecule has 23 heavy (non-hydrogen) atoms. The fourth-order valence-electron chi connectivity index (χ4n) is 2.19. The van der Waals surface area contributed by atoms with E-state index in [0.717, 1.165) is 5.56 Å². The molecule has 0 bridgehead atoms. The highest BCUT2D eigenvalue weighted by molar-refractivity contribution is 5.91. The van der Waals surface area contributed by atoms with E-state index in [1.807, 2.05) is 18.2 Å². The highest BCUT2D eigenvalue weighted by Gasteiger charge is 2.17. The van der Waals surface area contributed by atoms with Gasteiger partial charge in [-0.1, -0.05) is 36.4 Å². The van der Waals surface area contributed by atoms with Gasteiger partial charge in [0.2, 0.25) is 0 Å². The molecule has 0 aliphatic heterocycles. The Kier molecular flexibility index (Phi) is 5.27. The molecule has 0 aliphatic carbocycles. The van der Waals surface area contributed by atoms with Crippen molar-refractivity contribution in [3.63, 3.8) is 0 Å². The lowest BCUT2D eigenvalue weighted by Gasteiger charge is -2.17. The normalized spacial score (nSPS) is 11.6. The number of anilines is 1. The van der Waals surface area contributed by atoms with Crippen LogP contribution < -0.4 is 10.6 Å². The van der Waals surface area contributed by atoms with Gasteiger partial charge in [-0.25, -0.2) is 4.79 Å². The first-order valence-electron chi connectivity index (χ1n) is 7.00. The summed E-state index contributed by atoms with van der Waals surface area (Å²) in [6.07, 6.45) is 0. The Morgan fingerprint density at radius 2 is 1.91 bits per heavy atom. The van der Waals surface area contributed by atoms with Crippen molar-refractivity contribution >= 4 is 17.4 Å². The second kappa shape index (κ2) is 7.37. The SMILES string of the molecule is Cc1c(NC(=O)NC(CO)c2ccccc2)cccc1[N+](=O)[O-]. The number of carbonyl (C=O) groups excluding carboxylic acids is 1. The third kappa shape index (κ3) is 4.04. The molecule has 1 unspecified atom stereocenters. The molecular weight excluding hydrogens is 298 g/mol. The van der Waals surface area contributed by atoms with E-state index in [1.54, 1.807) is 25.1 Å². The van der Waals surface area contributed by atoms with Crippen LogP contribution in [0.3, 0.4) is 0 Å². The Balaban J connectivity index is 2.10. The zero-order valence-electron chi connectivity index (χ0n) is 12.5. The molecule has 2 aromatic rings. The lowest BCUT2D eigenvalue weighted by atomic mass is 10.1. The monoisotopic (exact) mass is 315 g/mol. The zero-order chi connectivity index (χ0) is 16.8. The standard InChI is InChI=1S/C16H17N3O4/c1-11-13(8-5-9-15(11)19(22)23)17-16(21)18-14(10-20)12-6-3-2-4-7-12/h2-9,14,20H,10H2,1H3,(H2,17,18,21). The third-order valence-corrected chi connectivity index (χ3v) is 3.44. The number of nitrogens with one attached hydrogen (secondary N) is 2. The molecule has 0 saturated carbocycles. The van der Waals surface area contributed by atoms with Crippen LogP contribution in [0.2, 0.25) is 0 Å². The number of nitrogens with zero attached hydrogens (tertiary/aromatic N) is 1. The van der Waals surface area contributed by atoms with Gasteiger partial charge in [-0.3, -0.25) is 10.1 Å². The summed E-state index contributed by atoms with van der Waals surface area (Å²) >= 11 is 0. The Hall–Kier alpha value is -2.93. The number of nitro benzene ring substituents is 1. The van der Waals surface area contributed by atoms with Crippen molar-refractivity contribution in [3.8, 4) is 0 Å². The summed E-state index contributed by atoms with van der Waals surface area (Å²) < 4.78 is 0. The van der Waals surface area contributed by atoms with E-state index in [9.17, 15) is 20.0 Å². The molecule has 0 fully saturated rings. The van der Waals surface area contributed by atoms with E-state index in [-0.39, 0.29) is 12.3 Å². The van der Waals surface area contributed by atoms with Crippen molar-refractivity contribution in [2.45, 2.75) is 13.0 Å². The Morgan fingerprint density at radius 1 is 1.22 bits per heavy atom. The first kappa shape index (κ1) is 16.4. The molecule has 0 saturated heterocycles. The number of aliphatic hydroxyl groups is 1. The minimum Gasteiger partial charge on any atom is -0.394 e. The Morgan fingerprint density at radius 3 is 2.52 bits per heavy atom. The van der Waals surface area contributed by atoms with E-state index >= 15 is 0 Å². The molecule has 0 aliphatic rings. The van der Waals surface area contributed by atoms with Crippen LogP contribution in [0.1, 0.15) is 17.2 Å². The van der Waals surface area contributed by atoms with Gasteiger partial charge in [0.1, 0.15) is 0 Å². The van der Waals surface area contributed by atoms with E-state index in [2.05, 4.69) is 10.6 Å². The molecule has 0 spiro atoms. The molecule has 7 nitrogen and oxygen atoms in total. The van der Waals surface area contributed by atoms with E-state index < -0.39 is 17.0 Å². The van der Waals surface area contributed by atoms with Gasteiger partial charge in [0, 0.05) is 6.07 Å². The van der Waals surface area contributed by atoms with Gasteiger partial charge < -0.3 is 15.7 Å². The van der Waals surface area contributed by atoms with Gasteiger partial charge in [0.05, 0.1) is 28.8 Å². The molecule has 120 valence electrons. The van der Waals surface area contributed by atoms with Crippen molar-refractivity contribution in [2.24, 2.45) is 0 Å². The largest absolute Gasteiger partial charge is 0.394 e. The van der Waals surface area contributed by atoms with Crippen LogP contribution in [0.4, 0.5) is 16.2 Å². The van der Waals surface area contributed by atoms with Crippen LogP contribution in [-0.2, 0) is 0 Å². The number of carbonyl (C=O) groups is 1. The number of benzene rings is 2. The summed E-state index contributed by atoms with van der Waals surface area (Å²) in [6, 6.07) is 12.4. The summed E-state index contributed by atoms with van der Waals surface area (Å²) in [7, 11) is 0. The Bertz CT molecular complexity index is 704. The molecule has 2 rings (SSSR count). The third-order valence-electron chi connectivity index (χ3n) is 3.44. The van der Waals surface area contributed by atoms with Crippen LogP contribution in [0.5, 0.6) is 0 Å². The quantitative estimate of drug-likeness (QED) is 0.583. The van der Waals surface area contributed by atoms with Crippen LogP contribution >= 0.6 is 0 Å². The smallest absolute Gasteiger partial charge is 0.319 e. The Labute approximate surface area is 133 Å². The van der Waals surface area contributed by atoms with E-state index in [1.165, 1.54) is 12.1 Å². The summed E-state index contributed by atoms with van der Waals surface area (Å²) in [4.78, 5) is 22.5. The highest BCUT2D eigenvalue weighted by atomic mass is 16.6. The molecule has 3 N–H and O–H groups in total. The maximum atomic E-state index is 12.1. The van der Waals surface area contributed by atoms with Gasteiger partial charge in [-0.15, -0.1) is 0 Å². The summed E-state index contributed by atoms with van der Waals surface area (Å²) in [5.74, 6) is 0. The molecule has 0 aromatic heterocycles. The van der Waals surface area contributed by atoms with E-state index in [0.29, 0.717) is 11.3 Å². The number of nitro groups is 1. The van der Waals surface area contributed by atoms with E-state index in [4.69, 9.17) is 0 Å². The van der Waals surface area contributed by atoms with Crippen LogP contribution in [0, 0.1) is 17.0 Å². The second-order valence-electron chi connectivity index (χ2n) is 4.95. The summed E-state index contributed by atoms with van der Waals surface area (Å²) in [5, 5.41) is 25.6.